The maximum atomic E-state index is 11.4. The molecule has 0 radical (unpaired) electrons. The van der Waals surface area contributed by atoms with Crippen LogP contribution in [0, 0.1) is 0 Å². The Hall–Kier alpha value is -1.85. The second kappa shape index (κ2) is 6.18. The largest absolute Gasteiger partial charge is 0.485 e. The van der Waals surface area contributed by atoms with Crippen molar-refractivity contribution in [2.75, 3.05) is 11.9 Å². The number of amides is 2. The van der Waals surface area contributed by atoms with Crippen LogP contribution in [-0.4, -0.2) is 18.7 Å². The van der Waals surface area contributed by atoms with Crippen molar-refractivity contribution in [3.63, 3.8) is 0 Å². The lowest BCUT2D eigenvalue weighted by Gasteiger charge is -2.15. The number of ether oxygens (including phenoxy) is 1. The average Bonchev–Trinajstić information content (AvgIpc) is 2.33. The smallest absolute Gasteiger partial charge is 0.319 e. The van der Waals surface area contributed by atoms with Gasteiger partial charge < -0.3 is 15.4 Å². The molecule has 1 aromatic rings. The van der Waals surface area contributed by atoms with Gasteiger partial charge in [0.1, 0.15) is 5.69 Å². The van der Waals surface area contributed by atoms with Crippen molar-refractivity contribution in [2.45, 2.75) is 39.7 Å². The second-order valence-electron chi connectivity index (χ2n) is 4.26. The third-order valence-electron chi connectivity index (χ3n) is 2.27. The van der Waals surface area contributed by atoms with E-state index in [2.05, 4.69) is 10.6 Å². The molecule has 0 spiro atoms. The monoisotopic (exact) mass is 254 g/mol. The number of carbonyl (C=O) groups excluding carboxylic acids is 1. The SMILES string of the molecule is CCCCNC(=O)Nc1c(OC(C)C)c(=O)c1=O. The molecule has 0 saturated heterocycles. The fraction of sp³-hybridized carbons (Fsp3) is 0.583. The third kappa shape index (κ3) is 3.32. The van der Waals surface area contributed by atoms with Crippen molar-refractivity contribution in [3.05, 3.63) is 20.4 Å². The minimum atomic E-state index is -0.712. The summed E-state index contributed by atoms with van der Waals surface area (Å²) in [5, 5.41) is 4.93. The van der Waals surface area contributed by atoms with Crippen LogP contribution in [0.5, 0.6) is 5.75 Å². The first-order valence-electron chi connectivity index (χ1n) is 6.02. The first kappa shape index (κ1) is 14.2. The van der Waals surface area contributed by atoms with Gasteiger partial charge in [-0.3, -0.25) is 9.59 Å². The van der Waals surface area contributed by atoms with E-state index in [1.807, 2.05) is 6.92 Å². The lowest BCUT2D eigenvalue weighted by Crippen LogP contribution is -2.40. The van der Waals surface area contributed by atoms with Crippen LogP contribution >= 0.6 is 0 Å². The van der Waals surface area contributed by atoms with Gasteiger partial charge in [-0.1, -0.05) is 13.3 Å². The van der Waals surface area contributed by atoms with Crippen LogP contribution in [-0.2, 0) is 0 Å². The summed E-state index contributed by atoms with van der Waals surface area (Å²) >= 11 is 0. The Balaban J connectivity index is 2.62. The number of hydrogen-bond donors (Lipinski definition) is 2. The lowest BCUT2D eigenvalue weighted by atomic mass is 10.2. The first-order valence-corrected chi connectivity index (χ1v) is 6.02. The molecule has 0 aliphatic rings. The molecule has 2 N–H and O–H groups in total. The number of unbranched alkanes of at least 4 members (excludes halogenated alkanes) is 1. The summed E-state index contributed by atoms with van der Waals surface area (Å²) < 4.78 is 5.17. The molecule has 0 fully saturated rings. The van der Waals surface area contributed by atoms with E-state index in [1.54, 1.807) is 13.8 Å². The maximum absolute atomic E-state index is 11.4. The molecule has 0 aliphatic heterocycles. The zero-order valence-electron chi connectivity index (χ0n) is 10.8. The maximum Gasteiger partial charge on any atom is 0.319 e. The third-order valence-corrected chi connectivity index (χ3v) is 2.27. The van der Waals surface area contributed by atoms with Crippen molar-refractivity contribution >= 4 is 11.7 Å². The standard InChI is InChI=1S/C12H18N2O4/c1-4-5-6-13-12(17)14-8-9(15)10(16)11(8)18-7(2)3/h7H,4-6H2,1-3H3,(H2,13,14,17). The van der Waals surface area contributed by atoms with E-state index < -0.39 is 16.9 Å². The van der Waals surface area contributed by atoms with Crippen molar-refractivity contribution in [1.29, 1.82) is 0 Å². The van der Waals surface area contributed by atoms with Gasteiger partial charge in [0.2, 0.25) is 0 Å². The molecule has 0 saturated carbocycles. The molecule has 0 aliphatic carbocycles. The molecule has 1 rings (SSSR count). The predicted molar refractivity (Wildman–Crippen MR) is 69.0 cm³/mol. The highest BCUT2D eigenvalue weighted by atomic mass is 16.5. The van der Waals surface area contributed by atoms with Crippen molar-refractivity contribution in [3.8, 4) is 5.75 Å². The fourth-order valence-electron chi connectivity index (χ4n) is 1.37. The van der Waals surface area contributed by atoms with Crippen LogP contribution in [0.15, 0.2) is 9.59 Å². The Morgan fingerprint density at radius 3 is 2.50 bits per heavy atom. The van der Waals surface area contributed by atoms with Gasteiger partial charge in [-0.05, 0) is 20.3 Å². The Labute approximate surface area is 105 Å². The van der Waals surface area contributed by atoms with E-state index in [4.69, 9.17) is 4.74 Å². The molecule has 1 aromatic carbocycles. The molecule has 0 bridgehead atoms. The molecule has 0 heterocycles. The number of hydrogen-bond acceptors (Lipinski definition) is 4. The molecule has 0 unspecified atom stereocenters. The Morgan fingerprint density at radius 1 is 1.28 bits per heavy atom. The summed E-state index contributed by atoms with van der Waals surface area (Å²) in [6.45, 7) is 6.01. The van der Waals surface area contributed by atoms with Gasteiger partial charge in [0.25, 0.3) is 10.9 Å². The molecule has 6 nitrogen and oxygen atoms in total. The van der Waals surface area contributed by atoms with Crippen LogP contribution in [0.1, 0.15) is 33.6 Å². The van der Waals surface area contributed by atoms with Crippen LogP contribution in [0.3, 0.4) is 0 Å². The first-order chi connectivity index (χ1) is 8.47. The number of urea groups is 1. The Bertz CT molecular complexity index is 486. The number of rotatable bonds is 6. The summed E-state index contributed by atoms with van der Waals surface area (Å²) in [5.74, 6) is -0.0550. The number of carbonyl (C=O) groups is 1. The quantitative estimate of drug-likeness (QED) is 0.585. The van der Waals surface area contributed by atoms with Gasteiger partial charge in [-0.2, -0.15) is 0 Å². The van der Waals surface area contributed by atoms with Gasteiger partial charge in [-0.25, -0.2) is 4.79 Å². The highest BCUT2D eigenvalue weighted by Gasteiger charge is 2.24. The van der Waals surface area contributed by atoms with E-state index in [1.165, 1.54) is 0 Å². The average molecular weight is 254 g/mol. The van der Waals surface area contributed by atoms with Crippen LogP contribution < -0.4 is 26.2 Å². The summed E-state index contributed by atoms with van der Waals surface area (Å²) in [6, 6.07) is -0.496. The summed E-state index contributed by atoms with van der Waals surface area (Å²) in [7, 11) is 0. The van der Waals surface area contributed by atoms with Gasteiger partial charge in [-0.15, -0.1) is 0 Å². The van der Waals surface area contributed by atoms with E-state index in [0.29, 0.717) is 6.54 Å². The topological polar surface area (TPSA) is 84.5 Å². The van der Waals surface area contributed by atoms with Crippen LogP contribution in [0.25, 0.3) is 0 Å². The summed E-state index contributed by atoms with van der Waals surface area (Å²) in [6.07, 6.45) is 1.59. The number of nitrogens with one attached hydrogen (secondary N) is 2. The molecular formula is C12H18N2O4. The van der Waals surface area contributed by atoms with Crippen LogP contribution in [0.4, 0.5) is 10.5 Å². The van der Waals surface area contributed by atoms with E-state index >= 15 is 0 Å². The van der Waals surface area contributed by atoms with Crippen molar-refractivity contribution in [1.82, 2.24) is 5.32 Å². The molecule has 0 aromatic heterocycles. The second-order valence-corrected chi connectivity index (χ2v) is 4.26. The van der Waals surface area contributed by atoms with Gasteiger partial charge in [0.15, 0.2) is 5.75 Å². The molecule has 6 heteroatoms. The van der Waals surface area contributed by atoms with E-state index in [9.17, 15) is 14.4 Å². The normalized spacial score (nSPS) is 10.7. The Morgan fingerprint density at radius 2 is 1.94 bits per heavy atom. The molecular weight excluding hydrogens is 236 g/mol. The van der Waals surface area contributed by atoms with Gasteiger partial charge in [0, 0.05) is 6.54 Å². The minimum absolute atomic E-state index is 0.0531. The molecule has 18 heavy (non-hydrogen) atoms. The number of anilines is 1. The predicted octanol–water partition coefficient (Wildman–Crippen LogP) is 0.991. The highest BCUT2D eigenvalue weighted by molar-refractivity contribution is 5.91. The molecule has 0 atom stereocenters. The molecule has 100 valence electrons. The summed E-state index contributed by atoms with van der Waals surface area (Å²) in [4.78, 5) is 34.0. The minimum Gasteiger partial charge on any atom is -0.485 e. The van der Waals surface area contributed by atoms with Crippen molar-refractivity contribution < 1.29 is 9.53 Å². The zero-order valence-corrected chi connectivity index (χ0v) is 10.8. The zero-order chi connectivity index (χ0) is 13.7. The fourth-order valence-corrected chi connectivity index (χ4v) is 1.37. The van der Waals surface area contributed by atoms with Gasteiger partial charge >= 0.3 is 6.03 Å². The van der Waals surface area contributed by atoms with Gasteiger partial charge in [0.05, 0.1) is 6.10 Å². The molecule has 2 amide bonds. The van der Waals surface area contributed by atoms with Crippen molar-refractivity contribution in [2.24, 2.45) is 0 Å². The Kier molecular flexibility index (Phi) is 4.88. The van der Waals surface area contributed by atoms with Crippen LogP contribution in [0.2, 0.25) is 0 Å². The highest BCUT2D eigenvalue weighted by Crippen LogP contribution is 2.18. The summed E-state index contributed by atoms with van der Waals surface area (Å²) in [5.41, 5.74) is -1.45. The van der Waals surface area contributed by atoms with E-state index in [0.717, 1.165) is 12.8 Å². The van der Waals surface area contributed by atoms with E-state index in [-0.39, 0.29) is 17.5 Å². The lowest BCUT2D eigenvalue weighted by molar-refractivity contribution is 0.237.